The average molecular weight is 584 g/mol. The van der Waals surface area contributed by atoms with Crippen molar-refractivity contribution in [1.29, 1.82) is 0 Å². The summed E-state index contributed by atoms with van der Waals surface area (Å²) in [6.07, 6.45) is 0.948. The summed E-state index contributed by atoms with van der Waals surface area (Å²) in [5.41, 5.74) is 10.5. The Morgan fingerprint density at radius 3 is 1.78 bits per heavy atom. The van der Waals surface area contributed by atoms with E-state index in [-0.39, 0.29) is 13.1 Å². The Morgan fingerprint density at radius 1 is 0.707 bits per heavy atom. The van der Waals surface area contributed by atoms with Crippen molar-refractivity contribution >= 4 is 47.3 Å². The van der Waals surface area contributed by atoms with E-state index in [9.17, 15) is 38.4 Å². The minimum Gasteiger partial charge on any atom is -0.368 e. The number of likely N-dealkylation sites (tertiary alicyclic amines) is 1. The minimum atomic E-state index is -1.08. The first-order valence-corrected chi connectivity index (χ1v) is 13.1. The Bertz CT molecular complexity index is 1030. The maximum absolute atomic E-state index is 12.9. The number of nitrogens with one attached hydrogen (secondary N) is 6. The molecule has 1 heterocycles. The standard InChI is InChI=1S/C24H41N9O8/c1-11(25)19(36)30-12(2)20(37)28-10-18(35)29-13(3)21(38)31-14(4)22(39)32-15(5)24(41)33-8-6-7-16(33)23(40)27-9-17(26)34/h11-16H,6-10,25H2,1-5H3,(H2,26,34)(H,27,40)(H,28,37)(H,29,35)(H,30,36)(H,31,38)(H,32,39)/t11-,12+,13+,14+,15+,16+/m1/s1. The Kier molecular flexibility index (Phi) is 13.6. The van der Waals surface area contributed by atoms with Crippen LogP contribution in [0.1, 0.15) is 47.5 Å². The van der Waals surface area contributed by atoms with Crippen LogP contribution in [0, 0.1) is 0 Å². The Labute approximate surface area is 237 Å². The summed E-state index contributed by atoms with van der Waals surface area (Å²) in [5.74, 6) is -4.99. The molecule has 0 aromatic heterocycles. The molecule has 0 unspecified atom stereocenters. The number of hydrogen-bond acceptors (Lipinski definition) is 9. The van der Waals surface area contributed by atoms with E-state index in [4.69, 9.17) is 11.5 Å². The highest BCUT2D eigenvalue weighted by molar-refractivity contribution is 5.96. The zero-order chi connectivity index (χ0) is 31.4. The first kappa shape index (κ1) is 34.7. The highest BCUT2D eigenvalue weighted by atomic mass is 16.2. The number of carbonyl (C=O) groups excluding carboxylic acids is 8. The summed E-state index contributed by atoms with van der Waals surface area (Å²) in [6, 6.07) is -5.73. The van der Waals surface area contributed by atoms with E-state index in [1.807, 2.05) is 0 Å². The van der Waals surface area contributed by atoms with Gasteiger partial charge in [0, 0.05) is 6.54 Å². The molecular formula is C24H41N9O8. The van der Waals surface area contributed by atoms with Crippen LogP contribution < -0.4 is 43.4 Å². The molecule has 1 aliphatic heterocycles. The van der Waals surface area contributed by atoms with Crippen molar-refractivity contribution < 1.29 is 38.4 Å². The molecule has 0 aromatic carbocycles. The second-order valence-electron chi connectivity index (χ2n) is 9.86. The van der Waals surface area contributed by atoms with Gasteiger partial charge in [-0.3, -0.25) is 38.4 Å². The molecule has 1 saturated heterocycles. The first-order valence-electron chi connectivity index (χ1n) is 13.1. The van der Waals surface area contributed by atoms with Crippen LogP contribution >= 0.6 is 0 Å². The van der Waals surface area contributed by atoms with E-state index in [2.05, 4.69) is 31.9 Å². The maximum Gasteiger partial charge on any atom is 0.245 e. The summed E-state index contributed by atoms with van der Waals surface area (Å²) in [7, 11) is 0. The Balaban J connectivity index is 2.52. The van der Waals surface area contributed by atoms with Gasteiger partial charge in [0.05, 0.1) is 19.1 Å². The first-order chi connectivity index (χ1) is 19.0. The van der Waals surface area contributed by atoms with E-state index in [0.717, 1.165) is 0 Å². The van der Waals surface area contributed by atoms with Crippen LogP contribution in [-0.4, -0.2) is 108 Å². The number of nitrogens with zero attached hydrogens (tertiary/aromatic N) is 1. The lowest BCUT2D eigenvalue weighted by atomic mass is 10.1. The zero-order valence-corrected chi connectivity index (χ0v) is 23.9. The van der Waals surface area contributed by atoms with Gasteiger partial charge >= 0.3 is 0 Å². The summed E-state index contributed by atoms with van der Waals surface area (Å²) in [4.78, 5) is 98.3. The third-order valence-corrected chi connectivity index (χ3v) is 6.12. The minimum absolute atomic E-state index is 0.290. The lowest BCUT2D eigenvalue weighted by Gasteiger charge is -2.27. The van der Waals surface area contributed by atoms with Crippen molar-refractivity contribution in [3.63, 3.8) is 0 Å². The highest BCUT2D eigenvalue weighted by Gasteiger charge is 2.36. The van der Waals surface area contributed by atoms with Crippen molar-refractivity contribution in [2.75, 3.05) is 19.6 Å². The number of rotatable bonds is 14. The van der Waals surface area contributed by atoms with Crippen molar-refractivity contribution in [3.05, 3.63) is 0 Å². The second-order valence-corrected chi connectivity index (χ2v) is 9.86. The van der Waals surface area contributed by atoms with Crippen LogP contribution in [0.25, 0.3) is 0 Å². The van der Waals surface area contributed by atoms with Crippen LogP contribution in [0.2, 0.25) is 0 Å². The van der Waals surface area contributed by atoms with Crippen LogP contribution in [0.3, 0.4) is 0 Å². The van der Waals surface area contributed by atoms with Gasteiger partial charge in [-0.15, -0.1) is 0 Å². The molecule has 8 amide bonds. The van der Waals surface area contributed by atoms with E-state index < -0.39 is 90.1 Å². The van der Waals surface area contributed by atoms with Gasteiger partial charge < -0.3 is 48.3 Å². The average Bonchev–Trinajstić information content (AvgIpc) is 3.39. The predicted octanol–water partition coefficient (Wildman–Crippen LogP) is -4.94. The van der Waals surface area contributed by atoms with Gasteiger partial charge in [-0.2, -0.15) is 0 Å². The van der Waals surface area contributed by atoms with Gasteiger partial charge in [-0.05, 0) is 47.5 Å². The molecule has 230 valence electrons. The molecular weight excluding hydrogens is 542 g/mol. The monoisotopic (exact) mass is 583 g/mol. The van der Waals surface area contributed by atoms with E-state index in [0.29, 0.717) is 12.8 Å². The number of amides is 8. The van der Waals surface area contributed by atoms with E-state index in [1.165, 1.54) is 39.5 Å². The predicted molar refractivity (Wildman–Crippen MR) is 144 cm³/mol. The lowest BCUT2D eigenvalue weighted by molar-refractivity contribution is -0.141. The van der Waals surface area contributed by atoms with Gasteiger partial charge in [-0.25, -0.2) is 0 Å². The number of nitrogens with two attached hydrogens (primary N) is 2. The molecule has 17 nitrogen and oxygen atoms in total. The summed E-state index contributed by atoms with van der Waals surface area (Å²) in [5, 5.41) is 14.4. The molecule has 0 saturated carbocycles. The van der Waals surface area contributed by atoms with Gasteiger partial charge in [0.2, 0.25) is 47.3 Å². The SMILES string of the molecule is C[C@H](NC(=O)CNC(=O)[C@H](C)NC(=O)[C@@H](C)N)C(=O)N[C@@H](C)C(=O)N[C@@H](C)C(=O)N1CCC[C@H]1C(=O)NCC(N)=O. The summed E-state index contributed by atoms with van der Waals surface area (Å²) < 4.78 is 0. The van der Waals surface area contributed by atoms with Crippen LogP contribution in [0.4, 0.5) is 0 Å². The second kappa shape index (κ2) is 16.1. The molecule has 1 fully saturated rings. The third kappa shape index (κ3) is 11.4. The molecule has 0 aliphatic carbocycles. The van der Waals surface area contributed by atoms with Gasteiger partial charge in [0.1, 0.15) is 30.2 Å². The van der Waals surface area contributed by atoms with Gasteiger partial charge in [-0.1, -0.05) is 0 Å². The largest absolute Gasteiger partial charge is 0.368 e. The molecule has 0 bridgehead atoms. The van der Waals surface area contributed by atoms with Crippen molar-refractivity contribution in [2.45, 2.75) is 83.7 Å². The van der Waals surface area contributed by atoms with Crippen LogP contribution in [0.15, 0.2) is 0 Å². The molecule has 1 aliphatic rings. The molecule has 0 aromatic rings. The van der Waals surface area contributed by atoms with Crippen LogP contribution in [0.5, 0.6) is 0 Å². The van der Waals surface area contributed by atoms with Crippen LogP contribution in [-0.2, 0) is 38.4 Å². The Hall–Kier alpha value is -4.28. The van der Waals surface area contributed by atoms with Crippen molar-refractivity contribution in [2.24, 2.45) is 11.5 Å². The maximum atomic E-state index is 12.9. The number of primary amides is 1. The fraction of sp³-hybridized carbons (Fsp3) is 0.667. The number of hydrogen-bond donors (Lipinski definition) is 8. The molecule has 6 atom stereocenters. The molecule has 17 heteroatoms. The van der Waals surface area contributed by atoms with Crippen molar-refractivity contribution in [3.8, 4) is 0 Å². The zero-order valence-electron chi connectivity index (χ0n) is 23.9. The topological polar surface area (TPSA) is 264 Å². The van der Waals surface area contributed by atoms with Crippen molar-refractivity contribution in [1.82, 2.24) is 36.8 Å². The molecule has 10 N–H and O–H groups in total. The molecule has 0 spiro atoms. The molecule has 1 rings (SSSR count). The molecule has 0 radical (unpaired) electrons. The quantitative estimate of drug-likeness (QED) is 0.0972. The summed E-state index contributed by atoms with van der Waals surface area (Å²) >= 11 is 0. The lowest BCUT2D eigenvalue weighted by Crippen LogP contribution is -2.57. The summed E-state index contributed by atoms with van der Waals surface area (Å²) in [6.45, 7) is 6.51. The fourth-order valence-electron chi connectivity index (χ4n) is 3.74. The highest BCUT2D eigenvalue weighted by Crippen LogP contribution is 2.18. The fourth-order valence-corrected chi connectivity index (χ4v) is 3.74. The normalized spacial score (nSPS) is 18.0. The molecule has 41 heavy (non-hydrogen) atoms. The number of carbonyl (C=O) groups is 8. The smallest absolute Gasteiger partial charge is 0.245 e. The van der Waals surface area contributed by atoms with E-state index >= 15 is 0 Å². The van der Waals surface area contributed by atoms with E-state index in [1.54, 1.807) is 0 Å². The third-order valence-electron chi connectivity index (χ3n) is 6.12. The Morgan fingerprint density at radius 2 is 1.22 bits per heavy atom. The van der Waals surface area contributed by atoms with Gasteiger partial charge in [0.15, 0.2) is 0 Å². The van der Waals surface area contributed by atoms with Gasteiger partial charge in [0.25, 0.3) is 0 Å².